The monoisotopic (exact) mass is 300 g/mol. The Balaban J connectivity index is 1.80. The fourth-order valence-electron chi connectivity index (χ4n) is 2.17. The molecule has 0 aliphatic carbocycles. The van der Waals surface area contributed by atoms with Crippen molar-refractivity contribution in [3.05, 3.63) is 58.6 Å². The van der Waals surface area contributed by atoms with Crippen LogP contribution in [0.2, 0.25) is 5.02 Å². The Morgan fingerprint density at radius 2 is 2.00 bits per heavy atom. The van der Waals surface area contributed by atoms with Crippen LogP contribution in [0.1, 0.15) is 15.9 Å². The Hall–Kier alpha value is -2.40. The molecule has 106 valence electrons. The van der Waals surface area contributed by atoms with Crippen molar-refractivity contribution >= 4 is 28.5 Å². The molecule has 0 unspecified atom stereocenters. The molecule has 0 saturated carbocycles. The third-order valence-electron chi connectivity index (χ3n) is 3.22. The van der Waals surface area contributed by atoms with Crippen LogP contribution in [0.4, 0.5) is 0 Å². The second kappa shape index (κ2) is 5.54. The Bertz CT molecular complexity index is 799. The fourth-order valence-corrected chi connectivity index (χ4v) is 2.39. The van der Waals surface area contributed by atoms with E-state index in [1.165, 1.54) is 0 Å². The summed E-state index contributed by atoms with van der Waals surface area (Å²) in [5.41, 5.74) is 2.99. The number of H-pyrrole nitrogens is 1. The summed E-state index contributed by atoms with van der Waals surface area (Å²) in [6.07, 6.45) is 0. The van der Waals surface area contributed by atoms with Gasteiger partial charge in [-0.25, -0.2) is 0 Å². The van der Waals surface area contributed by atoms with Crippen LogP contribution in [0.25, 0.3) is 11.0 Å². The number of carbonyl (C=O) groups excluding carboxylic acids is 1. The van der Waals surface area contributed by atoms with E-state index in [0.29, 0.717) is 22.6 Å². The molecule has 1 heterocycles. The number of hydrogen-bond donors (Lipinski definition) is 1. The summed E-state index contributed by atoms with van der Waals surface area (Å²) in [4.78, 5) is 14.1. The van der Waals surface area contributed by atoms with E-state index in [4.69, 9.17) is 11.6 Å². The molecular weight excluding hydrogens is 288 g/mol. The lowest BCUT2D eigenvalue weighted by atomic mass is 10.1. The van der Waals surface area contributed by atoms with Gasteiger partial charge in [-0.2, -0.15) is 15.4 Å². The number of aromatic nitrogens is 3. The van der Waals surface area contributed by atoms with E-state index in [0.717, 1.165) is 11.1 Å². The molecule has 6 heteroatoms. The number of amides is 1. The van der Waals surface area contributed by atoms with Crippen LogP contribution in [0.3, 0.4) is 0 Å². The SMILES string of the molecule is CN(Cc1cccc(Cl)c1)C(=O)c1ccc2n[nH]nc2c1. The number of nitrogens with one attached hydrogen (secondary N) is 1. The predicted molar refractivity (Wildman–Crippen MR) is 81.1 cm³/mol. The van der Waals surface area contributed by atoms with Gasteiger partial charge in [0, 0.05) is 24.2 Å². The average molecular weight is 301 g/mol. The van der Waals surface area contributed by atoms with Crippen molar-refractivity contribution in [1.29, 1.82) is 0 Å². The number of rotatable bonds is 3. The van der Waals surface area contributed by atoms with Crippen molar-refractivity contribution in [2.24, 2.45) is 0 Å². The first kappa shape index (κ1) is 13.6. The number of fused-ring (bicyclic) bond motifs is 1. The highest BCUT2D eigenvalue weighted by molar-refractivity contribution is 6.30. The summed E-state index contributed by atoms with van der Waals surface area (Å²) < 4.78 is 0. The van der Waals surface area contributed by atoms with Crippen LogP contribution in [0, 0.1) is 0 Å². The standard InChI is InChI=1S/C15H13ClN4O/c1-20(9-10-3-2-4-12(16)7-10)15(21)11-5-6-13-14(8-11)18-19-17-13/h2-8H,9H2,1H3,(H,17,18,19). The molecule has 0 radical (unpaired) electrons. The maximum absolute atomic E-state index is 12.4. The molecule has 1 aromatic heterocycles. The van der Waals surface area contributed by atoms with Gasteiger partial charge >= 0.3 is 0 Å². The second-order valence-corrected chi connectivity index (χ2v) is 5.25. The highest BCUT2D eigenvalue weighted by Crippen LogP contribution is 2.15. The minimum Gasteiger partial charge on any atom is -0.337 e. The van der Waals surface area contributed by atoms with E-state index in [-0.39, 0.29) is 5.91 Å². The zero-order valence-electron chi connectivity index (χ0n) is 11.4. The predicted octanol–water partition coefficient (Wildman–Crippen LogP) is 2.88. The molecule has 5 nitrogen and oxygen atoms in total. The van der Waals surface area contributed by atoms with E-state index in [2.05, 4.69) is 15.4 Å². The molecule has 3 aromatic rings. The van der Waals surface area contributed by atoms with E-state index in [9.17, 15) is 4.79 Å². The van der Waals surface area contributed by atoms with Crippen LogP contribution >= 0.6 is 11.6 Å². The van der Waals surface area contributed by atoms with Gasteiger partial charge in [0.05, 0.1) is 0 Å². The van der Waals surface area contributed by atoms with Crippen molar-refractivity contribution < 1.29 is 4.79 Å². The summed E-state index contributed by atoms with van der Waals surface area (Å²) in [5.74, 6) is -0.0696. The lowest BCUT2D eigenvalue weighted by molar-refractivity contribution is 0.0785. The van der Waals surface area contributed by atoms with Gasteiger partial charge in [0.1, 0.15) is 11.0 Å². The van der Waals surface area contributed by atoms with Crippen molar-refractivity contribution in [3.8, 4) is 0 Å². The number of aromatic amines is 1. The van der Waals surface area contributed by atoms with Crippen molar-refractivity contribution in [2.75, 3.05) is 7.05 Å². The molecule has 0 atom stereocenters. The molecular formula is C15H13ClN4O. The molecule has 21 heavy (non-hydrogen) atoms. The molecule has 0 spiro atoms. The van der Waals surface area contributed by atoms with Gasteiger partial charge in [-0.05, 0) is 35.9 Å². The number of halogens is 1. The Labute approximate surface area is 126 Å². The smallest absolute Gasteiger partial charge is 0.253 e. The molecule has 0 saturated heterocycles. The maximum Gasteiger partial charge on any atom is 0.253 e. The van der Waals surface area contributed by atoms with Crippen LogP contribution < -0.4 is 0 Å². The van der Waals surface area contributed by atoms with Gasteiger partial charge in [0.15, 0.2) is 0 Å². The number of nitrogens with zero attached hydrogens (tertiary/aromatic N) is 3. The average Bonchev–Trinajstić information content (AvgIpc) is 2.93. The summed E-state index contributed by atoms with van der Waals surface area (Å²) in [5, 5.41) is 11.2. The molecule has 3 rings (SSSR count). The first-order valence-corrected chi connectivity index (χ1v) is 6.82. The van der Waals surface area contributed by atoms with Crippen LogP contribution in [-0.4, -0.2) is 33.3 Å². The largest absolute Gasteiger partial charge is 0.337 e. The van der Waals surface area contributed by atoms with Crippen LogP contribution in [-0.2, 0) is 6.54 Å². The first-order chi connectivity index (χ1) is 10.1. The maximum atomic E-state index is 12.4. The number of carbonyl (C=O) groups is 1. The van der Waals surface area contributed by atoms with E-state index in [1.54, 1.807) is 30.1 Å². The van der Waals surface area contributed by atoms with Gasteiger partial charge in [-0.1, -0.05) is 23.7 Å². The van der Waals surface area contributed by atoms with E-state index in [1.807, 2.05) is 24.3 Å². The van der Waals surface area contributed by atoms with Crippen molar-refractivity contribution in [2.45, 2.75) is 6.54 Å². The second-order valence-electron chi connectivity index (χ2n) is 4.82. The highest BCUT2D eigenvalue weighted by atomic mass is 35.5. The summed E-state index contributed by atoms with van der Waals surface area (Å²) in [6, 6.07) is 12.7. The fraction of sp³-hybridized carbons (Fsp3) is 0.133. The minimum absolute atomic E-state index is 0.0696. The zero-order valence-corrected chi connectivity index (χ0v) is 12.1. The normalized spacial score (nSPS) is 10.8. The van der Waals surface area contributed by atoms with Crippen LogP contribution in [0.15, 0.2) is 42.5 Å². The first-order valence-electron chi connectivity index (χ1n) is 6.44. The Morgan fingerprint density at radius 3 is 2.81 bits per heavy atom. The molecule has 2 aromatic carbocycles. The van der Waals surface area contributed by atoms with E-state index < -0.39 is 0 Å². The lowest BCUT2D eigenvalue weighted by Crippen LogP contribution is -2.26. The Kier molecular flexibility index (Phi) is 3.58. The third-order valence-corrected chi connectivity index (χ3v) is 3.45. The molecule has 0 fully saturated rings. The molecule has 0 aliphatic heterocycles. The molecule has 1 amide bonds. The number of hydrogen-bond acceptors (Lipinski definition) is 3. The third kappa shape index (κ3) is 2.87. The molecule has 1 N–H and O–H groups in total. The Morgan fingerprint density at radius 1 is 1.19 bits per heavy atom. The lowest BCUT2D eigenvalue weighted by Gasteiger charge is -2.17. The topological polar surface area (TPSA) is 61.9 Å². The van der Waals surface area contributed by atoms with Gasteiger partial charge in [0.25, 0.3) is 5.91 Å². The number of benzene rings is 2. The molecule has 0 bridgehead atoms. The van der Waals surface area contributed by atoms with Gasteiger partial charge < -0.3 is 4.90 Å². The summed E-state index contributed by atoms with van der Waals surface area (Å²) in [6.45, 7) is 0.496. The zero-order chi connectivity index (χ0) is 14.8. The summed E-state index contributed by atoms with van der Waals surface area (Å²) in [7, 11) is 1.76. The quantitative estimate of drug-likeness (QED) is 0.809. The van der Waals surface area contributed by atoms with Crippen molar-refractivity contribution in [3.63, 3.8) is 0 Å². The van der Waals surface area contributed by atoms with Gasteiger partial charge in [0.2, 0.25) is 0 Å². The minimum atomic E-state index is -0.0696. The molecule has 0 aliphatic rings. The van der Waals surface area contributed by atoms with E-state index >= 15 is 0 Å². The highest BCUT2D eigenvalue weighted by Gasteiger charge is 2.13. The summed E-state index contributed by atoms with van der Waals surface area (Å²) >= 11 is 5.96. The van der Waals surface area contributed by atoms with Crippen molar-refractivity contribution in [1.82, 2.24) is 20.3 Å². The van der Waals surface area contributed by atoms with Gasteiger partial charge in [-0.3, -0.25) is 4.79 Å². The van der Waals surface area contributed by atoms with Crippen LogP contribution in [0.5, 0.6) is 0 Å². The van der Waals surface area contributed by atoms with Gasteiger partial charge in [-0.15, -0.1) is 0 Å².